The summed E-state index contributed by atoms with van der Waals surface area (Å²) in [5.41, 5.74) is -0.318. The van der Waals surface area contributed by atoms with Gasteiger partial charge in [-0.2, -0.15) is 5.10 Å². The van der Waals surface area contributed by atoms with Crippen molar-refractivity contribution in [1.82, 2.24) is 9.78 Å². The average Bonchev–Trinajstić information content (AvgIpc) is 2.41. The molecule has 5 nitrogen and oxygen atoms in total. The number of hydrogen-bond acceptors (Lipinski definition) is 4. The fourth-order valence-electron chi connectivity index (χ4n) is 1.59. The first-order chi connectivity index (χ1) is 7.73. The number of nitrogens with zero attached hydrogens (tertiary/aromatic N) is 2. The molecule has 1 saturated heterocycles. The van der Waals surface area contributed by atoms with Crippen LogP contribution >= 0.6 is 0 Å². The van der Waals surface area contributed by atoms with Crippen LogP contribution in [0.4, 0.5) is 0 Å². The van der Waals surface area contributed by atoms with Gasteiger partial charge in [0.1, 0.15) is 0 Å². The molecule has 1 aliphatic heterocycles. The molecular weight excluding hydrogens is 219 g/mol. The van der Waals surface area contributed by atoms with Crippen molar-refractivity contribution < 1.29 is 9.31 Å². The van der Waals surface area contributed by atoms with Crippen LogP contribution in [0.1, 0.15) is 27.7 Å². The number of hydrogen-bond donors (Lipinski definition) is 0. The molecule has 0 unspecified atom stereocenters. The lowest BCUT2D eigenvalue weighted by atomic mass is 9.81. The molecule has 1 aromatic heterocycles. The normalized spacial score (nSPS) is 21.8. The summed E-state index contributed by atoms with van der Waals surface area (Å²) >= 11 is 0. The molecule has 0 aromatic carbocycles. The van der Waals surface area contributed by atoms with Crippen molar-refractivity contribution in [2.75, 3.05) is 0 Å². The Morgan fingerprint density at radius 3 is 2.24 bits per heavy atom. The molecule has 0 radical (unpaired) electrons. The van der Waals surface area contributed by atoms with Gasteiger partial charge in [-0.3, -0.25) is 4.79 Å². The van der Waals surface area contributed by atoms with E-state index in [9.17, 15) is 4.79 Å². The van der Waals surface area contributed by atoms with Crippen molar-refractivity contribution in [3.05, 3.63) is 22.6 Å². The SMILES string of the molecule is Cn1ncc(B2OC(C)(C)C(C)(C)O2)cc1=O. The van der Waals surface area contributed by atoms with Crippen molar-refractivity contribution in [1.29, 1.82) is 0 Å². The Labute approximate surface area is 101 Å². The third-order valence-corrected chi connectivity index (χ3v) is 3.51. The molecule has 1 aromatic rings. The van der Waals surface area contributed by atoms with E-state index in [0.717, 1.165) is 0 Å². The van der Waals surface area contributed by atoms with Gasteiger partial charge in [-0.1, -0.05) is 0 Å². The highest BCUT2D eigenvalue weighted by Gasteiger charge is 2.51. The third-order valence-electron chi connectivity index (χ3n) is 3.51. The van der Waals surface area contributed by atoms with E-state index in [1.165, 1.54) is 10.7 Å². The molecule has 2 rings (SSSR count). The van der Waals surface area contributed by atoms with Gasteiger partial charge in [0.05, 0.1) is 11.2 Å². The van der Waals surface area contributed by atoms with Crippen LogP contribution < -0.4 is 11.0 Å². The molecule has 17 heavy (non-hydrogen) atoms. The zero-order valence-corrected chi connectivity index (χ0v) is 10.9. The van der Waals surface area contributed by atoms with Crippen LogP contribution in [0.5, 0.6) is 0 Å². The zero-order chi connectivity index (χ0) is 12.8. The molecule has 1 fully saturated rings. The van der Waals surface area contributed by atoms with Crippen LogP contribution in [-0.4, -0.2) is 28.1 Å². The summed E-state index contributed by atoms with van der Waals surface area (Å²) < 4.78 is 12.9. The predicted molar refractivity (Wildman–Crippen MR) is 65.2 cm³/mol. The lowest BCUT2D eigenvalue weighted by molar-refractivity contribution is 0.00578. The zero-order valence-electron chi connectivity index (χ0n) is 10.9. The first-order valence-electron chi connectivity index (χ1n) is 5.62. The Kier molecular flexibility index (Phi) is 2.67. The highest BCUT2D eigenvalue weighted by Crippen LogP contribution is 2.36. The van der Waals surface area contributed by atoms with Crippen molar-refractivity contribution >= 4 is 12.6 Å². The lowest BCUT2D eigenvalue weighted by Gasteiger charge is -2.32. The minimum atomic E-state index is -0.526. The van der Waals surface area contributed by atoms with Crippen LogP contribution in [0.15, 0.2) is 17.1 Å². The largest absolute Gasteiger partial charge is 0.496 e. The number of aryl methyl sites for hydroxylation is 1. The van der Waals surface area contributed by atoms with Gasteiger partial charge >= 0.3 is 7.12 Å². The molecule has 0 bridgehead atoms. The number of rotatable bonds is 1. The third kappa shape index (κ3) is 2.02. The summed E-state index contributed by atoms with van der Waals surface area (Å²) in [5, 5.41) is 3.96. The second-order valence-corrected chi connectivity index (χ2v) is 5.34. The molecule has 0 saturated carbocycles. The van der Waals surface area contributed by atoms with E-state index >= 15 is 0 Å². The molecule has 0 aliphatic carbocycles. The highest BCUT2D eigenvalue weighted by atomic mass is 16.7. The Morgan fingerprint density at radius 2 is 1.76 bits per heavy atom. The van der Waals surface area contributed by atoms with E-state index in [2.05, 4.69) is 5.10 Å². The number of aromatic nitrogens is 2. The van der Waals surface area contributed by atoms with Gasteiger partial charge in [-0.25, -0.2) is 4.68 Å². The second kappa shape index (κ2) is 3.68. The first kappa shape index (κ1) is 12.3. The smallest absolute Gasteiger partial charge is 0.399 e. The highest BCUT2D eigenvalue weighted by molar-refractivity contribution is 6.61. The van der Waals surface area contributed by atoms with Crippen molar-refractivity contribution in [2.45, 2.75) is 38.9 Å². The van der Waals surface area contributed by atoms with Gasteiger partial charge in [0.25, 0.3) is 5.56 Å². The van der Waals surface area contributed by atoms with Gasteiger partial charge in [0.15, 0.2) is 0 Å². The van der Waals surface area contributed by atoms with Gasteiger partial charge in [-0.05, 0) is 27.7 Å². The predicted octanol–water partition coefficient (Wildman–Crippen LogP) is 0.0795. The van der Waals surface area contributed by atoms with E-state index in [-0.39, 0.29) is 5.56 Å². The van der Waals surface area contributed by atoms with E-state index in [0.29, 0.717) is 5.46 Å². The summed E-state index contributed by atoms with van der Waals surface area (Å²) in [4.78, 5) is 11.5. The molecule has 1 aliphatic rings. The lowest BCUT2D eigenvalue weighted by Crippen LogP contribution is -2.41. The molecule has 0 N–H and O–H groups in total. The molecular formula is C11H17BN2O3. The average molecular weight is 236 g/mol. The van der Waals surface area contributed by atoms with Crippen molar-refractivity contribution in [2.24, 2.45) is 7.05 Å². The van der Waals surface area contributed by atoms with E-state index in [1.807, 2.05) is 27.7 Å². The second-order valence-electron chi connectivity index (χ2n) is 5.34. The maximum Gasteiger partial charge on any atom is 0.496 e. The molecule has 0 atom stereocenters. The standard InChI is InChI=1S/C11H17BN2O3/c1-10(2)11(3,4)17-12(16-10)8-6-9(15)14(5)13-7-8/h6-7H,1-5H3. The van der Waals surface area contributed by atoms with E-state index in [4.69, 9.17) is 9.31 Å². The quantitative estimate of drug-likeness (QED) is 0.648. The minimum Gasteiger partial charge on any atom is -0.399 e. The fourth-order valence-corrected chi connectivity index (χ4v) is 1.59. The first-order valence-corrected chi connectivity index (χ1v) is 5.62. The van der Waals surface area contributed by atoms with Crippen LogP contribution in [0.2, 0.25) is 0 Å². The molecule has 0 spiro atoms. The molecule has 6 heteroatoms. The summed E-state index contributed by atoms with van der Waals surface area (Å²) in [6.07, 6.45) is 1.60. The van der Waals surface area contributed by atoms with Crippen LogP contribution in [-0.2, 0) is 16.4 Å². The van der Waals surface area contributed by atoms with Crippen molar-refractivity contribution in [3.8, 4) is 0 Å². The van der Waals surface area contributed by atoms with Crippen LogP contribution in [0.3, 0.4) is 0 Å². The molecule has 0 amide bonds. The Bertz CT molecular complexity index is 480. The van der Waals surface area contributed by atoms with Crippen LogP contribution in [0, 0.1) is 0 Å². The summed E-state index contributed by atoms with van der Waals surface area (Å²) in [7, 11) is 1.08. The van der Waals surface area contributed by atoms with E-state index < -0.39 is 18.3 Å². The van der Waals surface area contributed by atoms with Crippen LogP contribution in [0.25, 0.3) is 0 Å². The van der Waals surface area contributed by atoms with Gasteiger partial charge < -0.3 is 9.31 Å². The summed E-state index contributed by atoms with van der Waals surface area (Å²) in [5.74, 6) is 0. The Hall–Kier alpha value is -1.14. The monoisotopic (exact) mass is 236 g/mol. The minimum absolute atomic E-state index is 0.169. The van der Waals surface area contributed by atoms with E-state index in [1.54, 1.807) is 13.2 Å². The maximum absolute atomic E-state index is 11.5. The maximum atomic E-state index is 11.5. The summed E-state index contributed by atoms with van der Waals surface area (Å²) in [6, 6.07) is 1.50. The topological polar surface area (TPSA) is 53.4 Å². The molecule has 92 valence electrons. The van der Waals surface area contributed by atoms with Gasteiger partial charge in [-0.15, -0.1) is 0 Å². The van der Waals surface area contributed by atoms with Crippen molar-refractivity contribution in [3.63, 3.8) is 0 Å². The Balaban J connectivity index is 2.32. The van der Waals surface area contributed by atoms with Gasteiger partial charge in [0, 0.05) is 24.8 Å². The summed E-state index contributed by atoms with van der Waals surface area (Å²) in [6.45, 7) is 7.89. The van der Waals surface area contributed by atoms with Gasteiger partial charge in [0.2, 0.25) is 0 Å². The fraction of sp³-hybridized carbons (Fsp3) is 0.636. The Morgan fingerprint density at radius 1 is 1.24 bits per heavy atom. The molecule has 2 heterocycles.